The van der Waals surface area contributed by atoms with Gasteiger partial charge in [-0.1, -0.05) is 41.9 Å². The third-order valence-electron chi connectivity index (χ3n) is 3.43. The van der Waals surface area contributed by atoms with Crippen molar-refractivity contribution in [3.05, 3.63) is 70.8 Å². The smallest absolute Gasteiger partial charge is 0.416 e. The summed E-state index contributed by atoms with van der Waals surface area (Å²) in [5.41, 5.74) is -0.417. The van der Waals surface area contributed by atoms with Crippen LogP contribution in [0.5, 0.6) is 0 Å². The van der Waals surface area contributed by atoms with E-state index in [4.69, 9.17) is 16.3 Å². The second-order valence-electron chi connectivity index (χ2n) is 5.50. The van der Waals surface area contributed by atoms with Gasteiger partial charge in [0, 0.05) is 6.08 Å². The molecular formula is C19H15ClF3NO3. The van der Waals surface area contributed by atoms with Crippen molar-refractivity contribution in [1.82, 2.24) is 0 Å². The molecule has 1 amide bonds. The fraction of sp³-hybridized carbons (Fsp3) is 0.158. The summed E-state index contributed by atoms with van der Waals surface area (Å²) in [5, 5.41) is 2.16. The molecule has 2 rings (SSSR count). The Morgan fingerprint density at radius 2 is 1.81 bits per heavy atom. The summed E-state index contributed by atoms with van der Waals surface area (Å²) in [6, 6.07) is 11.5. The average molecular weight is 398 g/mol. The number of nitrogens with one attached hydrogen (secondary N) is 1. The number of rotatable bonds is 5. The topological polar surface area (TPSA) is 55.4 Å². The van der Waals surface area contributed by atoms with E-state index >= 15 is 0 Å². The Kier molecular flexibility index (Phi) is 6.63. The highest BCUT2D eigenvalue weighted by Crippen LogP contribution is 2.33. The zero-order valence-electron chi connectivity index (χ0n) is 14.1. The maximum absolute atomic E-state index is 12.8. The van der Waals surface area contributed by atoms with Crippen LogP contribution in [0.3, 0.4) is 0 Å². The Morgan fingerprint density at radius 1 is 1.15 bits per heavy atom. The maximum atomic E-state index is 12.8. The van der Waals surface area contributed by atoms with Crippen molar-refractivity contribution in [2.24, 2.45) is 0 Å². The Labute approximate surface area is 158 Å². The van der Waals surface area contributed by atoms with E-state index in [9.17, 15) is 22.8 Å². The summed E-state index contributed by atoms with van der Waals surface area (Å²) in [6.07, 6.45) is -3.15. The molecule has 8 heteroatoms. The van der Waals surface area contributed by atoms with Gasteiger partial charge in [0.05, 0.1) is 16.3 Å². The second-order valence-corrected chi connectivity index (χ2v) is 5.91. The Morgan fingerprint density at radius 3 is 2.44 bits per heavy atom. The Hall–Kier alpha value is -2.80. The van der Waals surface area contributed by atoms with E-state index in [0.717, 1.165) is 23.8 Å². The molecule has 0 aliphatic rings. The highest BCUT2D eigenvalue weighted by Gasteiger charge is 2.31. The summed E-state index contributed by atoms with van der Waals surface area (Å²) in [4.78, 5) is 23.9. The van der Waals surface area contributed by atoms with Crippen molar-refractivity contribution in [3.8, 4) is 0 Å². The third kappa shape index (κ3) is 6.14. The van der Waals surface area contributed by atoms with E-state index in [2.05, 4.69) is 5.32 Å². The molecule has 2 aromatic rings. The molecule has 1 atom stereocenters. The fourth-order valence-corrected chi connectivity index (χ4v) is 2.19. The summed E-state index contributed by atoms with van der Waals surface area (Å²) < 4.78 is 43.2. The molecule has 2 aromatic carbocycles. The van der Waals surface area contributed by atoms with Crippen molar-refractivity contribution < 1.29 is 27.5 Å². The average Bonchev–Trinajstić information content (AvgIpc) is 2.61. The minimum atomic E-state index is -4.58. The van der Waals surface area contributed by atoms with Gasteiger partial charge in [-0.2, -0.15) is 13.2 Å². The van der Waals surface area contributed by atoms with Crippen LogP contribution < -0.4 is 5.32 Å². The molecule has 0 spiro atoms. The number of ether oxygens (including phenoxy) is 1. The molecule has 0 fully saturated rings. The number of carbonyl (C=O) groups excluding carboxylic acids is 2. The lowest BCUT2D eigenvalue weighted by Crippen LogP contribution is -2.29. The van der Waals surface area contributed by atoms with Gasteiger partial charge in [-0.05, 0) is 36.8 Å². The second kappa shape index (κ2) is 8.73. The number of anilines is 1. The van der Waals surface area contributed by atoms with Gasteiger partial charge in [0.25, 0.3) is 5.91 Å². The first kappa shape index (κ1) is 20.5. The van der Waals surface area contributed by atoms with Gasteiger partial charge in [0.2, 0.25) is 0 Å². The first-order valence-electron chi connectivity index (χ1n) is 7.78. The van der Waals surface area contributed by atoms with Crippen molar-refractivity contribution in [3.63, 3.8) is 0 Å². The summed E-state index contributed by atoms with van der Waals surface area (Å²) in [7, 11) is 0. The summed E-state index contributed by atoms with van der Waals surface area (Å²) >= 11 is 5.82. The molecule has 0 aromatic heterocycles. The largest absolute Gasteiger partial charge is 0.449 e. The molecule has 0 unspecified atom stereocenters. The van der Waals surface area contributed by atoms with E-state index in [1.54, 1.807) is 24.3 Å². The van der Waals surface area contributed by atoms with Crippen molar-refractivity contribution in [1.29, 1.82) is 0 Å². The molecule has 0 radical (unpaired) electrons. The van der Waals surface area contributed by atoms with E-state index in [1.807, 2.05) is 6.07 Å². The van der Waals surface area contributed by atoms with E-state index in [-0.39, 0.29) is 10.7 Å². The van der Waals surface area contributed by atoms with Crippen LogP contribution in [0.2, 0.25) is 5.02 Å². The van der Waals surface area contributed by atoms with E-state index in [1.165, 1.54) is 13.0 Å². The Balaban J connectivity index is 1.99. The standard InChI is InChI=1S/C19H15ClF3NO3/c1-12(27-17(25)10-7-13-5-3-2-4-6-13)18(26)24-16-11-14(19(21,22)23)8-9-15(16)20/h2-12H,1H3,(H,24,26)/b10-7+/t12-/m1/s1. The zero-order chi connectivity index (χ0) is 20.0. The number of halogens is 4. The molecule has 0 saturated carbocycles. The summed E-state index contributed by atoms with van der Waals surface area (Å²) in [5.74, 6) is -1.57. The number of hydrogen-bond donors (Lipinski definition) is 1. The van der Waals surface area contributed by atoms with Crippen molar-refractivity contribution in [2.75, 3.05) is 5.32 Å². The van der Waals surface area contributed by atoms with Crippen LogP contribution in [0.4, 0.5) is 18.9 Å². The van der Waals surface area contributed by atoms with E-state index < -0.39 is 29.7 Å². The van der Waals surface area contributed by atoms with Crippen LogP contribution in [0, 0.1) is 0 Å². The van der Waals surface area contributed by atoms with Gasteiger partial charge in [0.1, 0.15) is 0 Å². The van der Waals surface area contributed by atoms with Gasteiger partial charge in [0.15, 0.2) is 6.10 Å². The van der Waals surface area contributed by atoms with Gasteiger partial charge in [-0.25, -0.2) is 4.79 Å². The minimum Gasteiger partial charge on any atom is -0.449 e. The van der Waals surface area contributed by atoms with Crippen LogP contribution >= 0.6 is 11.6 Å². The monoisotopic (exact) mass is 397 g/mol. The lowest BCUT2D eigenvalue weighted by Gasteiger charge is -2.15. The first-order chi connectivity index (χ1) is 12.7. The number of alkyl halides is 3. The maximum Gasteiger partial charge on any atom is 0.416 e. The Bertz CT molecular complexity index is 851. The van der Waals surface area contributed by atoms with Crippen LogP contribution in [-0.2, 0) is 20.5 Å². The highest BCUT2D eigenvalue weighted by molar-refractivity contribution is 6.33. The van der Waals surface area contributed by atoms with Gasteiger partial charge in [-0.3, -0.25) is 4.79 Å². The molecule has 0 aliphatic carbocycles. The van der Waals surface area contributed by atoms with Crippen LogP contribution in [0.1, 0.15) is 18.1 Å². The van der Waals surface area contributed by atoms with Crippen molar-refractivity contribution >= 4 is 35.2 Å². The minimum absolute atomic E-state index is 0.0705. The predicted octanol–water partition coefficient (Wildman–Crippen LogP) is 4.94. The zero-order valence-corrected chi connectivity index (χ0v) is 14.8. The molecule has 142 valence electrons. The lowest BCUT2D eigenvalue weighted by molar-refractivity contribution is -0.148. The quantitative estimate of drug-likeness (QED) is 0.574. The molecule has 1 N–H and O–H groups in total. The number of benzene rings is 2. The number of hydrogen-bond acceptors (Lipinski definition) is 3. The van der Waals surface area contributed by atoms with Crippen LogP contribution in [0.25, 0.3) is 6.08 Å². The number of carbonyl (C=O) groups is 2. The predicted molar refractivity (Wildman–Crippen MR) is 96.1 cm³/mol. The lowest BCUT2D eigenvalue weighted by atomic mass is 10.2. The fourth-order valence-electron chi connectivity index (χ4n) is 2.03. The summed E-state index contributed by atoms with van der Waals surface area (Å²) in [6.45, 7) is 1.30. The third-order valence-corrected chi connectivity index (χ3v) is 3.75. The van der Waals surface area contributed by atoms with Crippen LogP contribution in [0.15, 0.2) is 54.6 Å². The van der Waals surface area contributed by atoms with Gasteiger partial charge in [-0.15, -0.1) is 0 Å². The molecule has 0 aliphatic heterocycles. The van der Waals surface area contributed by atoms with Crippen LogP contribution in [-0.4, -0.2) is 18.0 Å². The molecule has 0 saturated heterocycles. The molecule has 0 heterocycles. The van der Waals surface area contributed by atoms with Gasteiger partial charge >= 0.3 is 12.1 Å². The van der Waals surface area contributed by atoms with Crippen molar-refractivity contribution in [2.45, 2.75) is 19.2 Å². The van der Waals surface area contributed by atoms with E-state index in [0.29, 0.717) is 6.07 Å². The molecule has 0 bridgehead atoms. The molecular weight excluding hydrogens is 383 g/mol. The highest BCUT2D eigenvalue weighted by atomic mass is 35.5. The normalized spacial score (nSPS) is 12.6. The first-order valence-corrected chi connectivity index (χ1v) is 8.16. The molecule has 4 nitrogen and oxygen atoms in total. The molecule has 27 heavy (non-hydrogen) atoms. The van der Waals surface area contributed by atoms with Gasteiger partial charge < -0.3 is 10.1 Å². The SMILES string of the molecule is C[C@@H](OC(=O)/C=C/c1ccccc1)C(=O)Nc1cc(C(F)(F)F)ccc1Cl. The number of esters is 1. The number of amides is 1.